The van der Waals surface area contributed by atoms with E-state index in [1.165, 1.54) is 23.1 Å². The van der Waals surface area contributed by atoms with Crippen molar-refractivity contribution in [2.24, 2.45) is 0 Å². The monoisotopic (exact) mass is 324 g/mol. The van der Waals surface area contributed by atoms with Crippen LogP contribution in [0.25, 0.3) is 5.95 Å². The van der Waals surface area contributed by atoms with Crippen LogP contribution < -0.4 is 5.73 Å². The molecule has 0 unspecified atom stereocenters. The summed E-state index contributed by atoms with van der Waals surface area (Å²) < 4.78 is 3.32. The van der Waals surface area contributed by atoms with Crippen LogP contribution >= 0.6 is 34.9 Å². The van der Waals surface area contributed by atoms with Crippen molar-refractivity contribution in [3.63, 3.8) is 0 Å². The Morgan fingerprint density at radius 3 is 2.75 bits per heavy atom. The molecule has 0 saturated heterocycles. The molecule has 3 rings (SSSR count). The molecule has 3 aromatic heterocycles. The Balaban J connectivity index is 1.90. The van der Waals surface area contributed by atoms with Crippen molar-refractivity contribution in [2.45, 2.75) is 13.8 Å². The second-order valence-corrected chi connectivity index (χ2v) is 6.63. The molecule has 102 valence electrons. The summed E-state index contributed by atoms with van der Waals surface area (Å²) in [5.74, 6) is 0.577. The highest BCUT2D eigenvalue weighted by molar-refractivity contribution is 8.02. The van der Waals surface area contributed by atoms with E-state index in [4.69, 9.17) is 5.73 Å². The normalized spacial score (nSPS) is 10.8. The van der Waals surface area contributed by atoms with Crippen LogP contribution in [0.4, 0.5) is 5.95 Å². The van der Waals surface area contributed by atoms with Crippen molar-refractivity contribution in [3.05, 3.63) is 18.7 Å². The van der Waals surface area contributed by atoms with Gasteiger partial charge < -0.3 is 5.73 Å². The first kappa shape index (κ1) is 13.3. The largest absolute Gasteiger partial charge is 0.368 e. The number of nitrogens with zero attached hydrogens (tertiary/aromatic N) is 7. The number of hydrogen-bond acceptors (Lipinski definition) is 10. The highest BCUT2D eigenvalue weighted by Crippen LogP contribution is 2.31. The molecule has 0 amide bonds. The smallest absolute Gasteiger partial charge is 0.240 e. The third-order valence-electron chi connectivity index (χ3n) is 2.10. The van der Waals surface area contributed by atoms with Gasteiger partial charge in [-0.15, -0.1) is 10.2 Å². The van der Waals surface area contributed by atoms with Crippen LogP contribution in [0.3, 0.4) is 0 Å². The number of aromatic nitrogens is 7. The minimum Gasteiger partial charge on any atom is -0.368 e. The molecule has 0 aliphatic carbocycles. The van der Waals surface area contributed by atoms with E-state index >= 15 is 0 Å². The molecule has 0 aliphatic rings. The number of thioether (sulfide) groups is 1. The van der Waals surface area contributed by atoms with Crippen molar-refractivity contribution in [1.29, 1.82) is 0 Å². The van der Waals surface area contributed by atoms with Crippen molar-refractivity contribution < 1.29 is 0 Å². The minimum absolute atomic E-state index is 0.154. The number of nitrogens with two attached hydrogens (primary N) is 1. The maximum atomic E-state index is 5.70. The first-order valence-corrected chi connectivity index (χ1v) is 8.15. The fourth-order valence-corrected chi connectivity index (χ4v) is 3.59. The van der Waals surface area contributed by atoms with Gasteiger partial charge in [0.1, 0.15) is 6.33 Å². The average Bonchev–Trinajstić information content (AvgIpc) is 3.09. The number of imidazole rings is 1. The van der Waals surface area contributed by atoms with Gasteiger partial charge in [-0.2, -0.15) is 15.0 Å². The highest BCUT2D eigenvalue weighted by atomic mass is 32.2. The van der Waals surface area contributed by atoms with Gasteiger partial charge in [0.2, 0.25) is 17.1 Å². The lowest BCUT2D eigenvalue weighted by Gasteiger charge is -2.02. The van der Waals surface area contributed by atoms with Crippen LogP contribution in [0.15, 0.2) is 32.6 Å². The van der Waals surface area contributed by atoms with Gasteiger partial charge in [0.05, 0.1) is 0 Å². The zero-order valence-electron chi connectivity index (χ0n) is 10.2. The molecule has 0 atom stereocenters. The lowest BCUT2D eigenvalue weighted by Crippen LogP contribution is -2.05. The van der Waals surface area contributed by atoms with Crippen LogP contribution in [0.5, 0.6) is 0 Å². The maximum Gasteiger partial charge on any atom is 0.240 e. The third-order valence-corrected chi connectivity index (χ3v) is 4.91. The van der Waals surface area contributed by atoms with Gasteiger partial charge in [-0.1, -0.05) is 23.1 Å². The fourth-order valence-electron chi connectivity index (χ4n) is 1.30. The lowest BCUT2D eigenvalue weighted by atomic mass is 10.8. The quantitative estimate of drug-likeness (QED) is 0.711. The molecule has 20 heavy (non-hydrogen) atoms. The van der Waals surface area contributed by atoms with E-state index in [1.54, 1.807) is 35.0 Å². The molecule has 0 saturated carbocycles. The average molecular weight is 324 g/mol. The molecular weight excluding hydrogens is 316 g/mol. The molecule has 0 spiro atoms. The summed E-state index contributed by atoms with van der Waals surface area (Å²) in [6, 6.07) is 0. The van der Waals surface area contributed by atoms with E-state index in [2.05, 4.69) is 30.1 Å². The first-order chi connectivity index (χ1) is 9.74. The standard InChI is InChI=1S/C9H8N8S3/c1-18-8-15-16-9(20-8)19-7-13-5(10)12-6(14-7)17-3-2-11-4-17/h2-4H,1H3,(H2,10,12,13,14). The summed E-state index contributed by atoms with van der Waals surface area (Å²) in [6.45, 7) is 0. The molecule has 3 heterocycles. The van der Waals surface area contributed by atoms with E-state index in [0.717, 1.165) is 8.68 Å². The van der Waals surface area contributed by atoms with E-state index in [-0.39, 0.29) is 5.95 Å². The molecule has 11 heteroatoms. The van der Waals surface area contributed by atoms with Gasteiger partial charge in [0, 0.05) is 12.4 Å². The van der Waals surface area contributed by atoms with Gasteiger partial charge in [-0.05, 0) is 18.0 Å². The van der Waals surface area contributed by atoms with E-state index in [9.17, 15) is 0 Å². The number of nitrogen functional groups attached to an aromatic ring is 1. The lowest BCUT2D eigenvalue weighted by molar-refractivity contribution is 0.831. The second-order valence-electron chi connectivity index (χ2n) is 3.39. The summed E-state index contributed by atoms with van der Waals surface area (Å²) >= 11 is 4.33. The molecule has 0 fully saturated rings. The van der Waals surface area contributed by atoms with Gasteiger partial charge in [0.25, 0.3) is 0 Å². The van der Waals surface area contributed by atoms with Crippen molar-refractivity contribution >= 4 is 40.8 Å². The van der Waals surface area contributed by atoms with Crippen LogP contribution in [0.2, 0.25) is 0 Å². The van der Waals surface area contributed by atoms with Gasteiger partial charge in [-0.3, -0.25) is 4.57 Å². The molecule has 0 bridgehead atoms. The summed E-state index contributed by atoms with van der Waals surface area (Å²) in [5, 5.41) is 8.55. The molecule has 0 radical (unpaired) electrons. The molecule has 0 aliphatic heterocycles. The summed E-state index contributed by atoms with van der Waals surface area (Å²) in [4.78, 5) is 16.4. The first-order valence-electron chi connectivity index (χ1n) is 5.30. The van der Waals surface area contributed by atoms with Crippen LogP contribution in [0.1, 0.15) is 0 Å². The predicted molar refractivity (Wildman–Crippen MR) is 77.2 cm³/mol. The Morgan fingerprint density at radius 2 is 2.05 bits per heavy atom. The molecule has 0 aromatic carbocycles. The Labute approximate surface area is 126 Å². The Bertz CT molecular complexity index is 710. The zero-order valence-corrected chi connectivity index (χ0v) is 12.6. The number of hydrogen-bond donors (Lipinski definition) is 1. The zero-order chi connectivity index (χ0) is 13.9. The summed E-state index contributed by atoms with van der Waals surface area (Å²) in [7, 11) is 0. The number of anilines is 1. The van der Waals surface area contributed by atoms with E-state index in [0.29, 0.717) is 11.1 Å². The molecule has 3 aromatic rings. The maximum absolute atomic E-state index is 5.70. The summed E-state index contributed by atoms with van der Waals surface area (Å²) in [5.41, 5.74) is 5.70. The fraction of sp³-hybridized carbons (Fsp3) is 0.111. The van der Waals surface area contributed by atoms with Crippen LogP contribution in [-0.4, -0.2) is 41.0 Å². The van der Waals surface area contributed by atoms with Crippen LogP contribution in [0, 0.1) is 0 Å². The highest BCUT2D eigenvalue weighted by Gasteiger charge is 2.11. The second kappa shape index (κ2) is 5.73. The Hall–Kier alpha value is -1.72. The Morgan fingerprint density at radius 1 is 1.20 bits per heavy atom. The van der Waals surface area contributed by atoms with Crippen molar-refractivity contribution in [3.8, 4) is 5.95 Å². The predicted octanol–water partition coefficient (Wildman–Crippen LogP) is 1.36. The SMILES string of the molecule is CSc1nnc(Sc2nc(N)nc(-n3ccnc3)n2)s1. The molecule has 2 N–H and O–H groups in total. The Kier molecular flexibility index (Phi) is 3.80. The van der Waals surface area contributed by atoms with Gasteiger partial charge >= 0.3 is 0 Å². The summed E-state index contributed by atoms with van der Waals surface area (Å²) in [6.07, 6.45) is 6.93. The van der Waals surface area contributed by atoms with Crippen molar-refractivity contribution in [1.82, 2.24) is 34.7 Å². The number of rotatable bonds is 4. The molecule has 8 nitrogen and oxygen atoms in total. The van der Waals surface area contributed by atoms with Crippen LogP contribution in [-0.2, 0) is 0 Å². The van der Waals surface area contributed by atoms with Gasteiger partial charge in [-0.25, -0.2) is 4.98 Å². The third kappa shape index (κ3) is 2.89. The topological polar surface area (TPSA) is 108 Å². The minimum atomic E-state index is 0.154. The molecular formula is C9H8N8S3. The van der Waals surface area contributed by atoms with Gasteiger partial charge in [0.15, 0.2) is 8.68 Å². The van der Waals surface area contributed by atoms with E-state index < -0.39 is 0 Å². The van der Waals surface area contributed by atoms with Crippen molar-refractivity contribution in [2.75, 3.05) is 12.0 Å². The van der Waals surface area contributed by atoms with E-state index in [1.807, 2.05) is 6.26 Å².